The fraction of sp³-hybridized carbons (Fsp3) is 0.318. The third kappa shape index (κ3) is 3.56. The number of aryl methyl sites for hydroxylation is 1. The average Bonchev–Trinajstić information content (AvgIpc) is 3.18. The third-order valence-electron chi connectivity index (χ3n) is 5.57. The molecule has 0 saturated carbocycles. The summed E-state index contributed by atoms with van der Waals surface area (Å²) in [4.78, 5) is 12.4. The summed E-state index contributed by atoms with van der Waals surface area (Å²) in [6.07, 6.45) is 1.63. The predicted octanol–water partition coefficient (Wildman–Crippen LogP) is 3.20. The summed E-state index contributed by atoms with van der Waals surface area (Å²) in [5, 5.41) is 0. The van der Waals surface area contributed by atoms with Crippen LogP contribution in [0.5, 0.6) is 0 Å². The maximum Gasteiger partial charge on any atom is 0.373 e. The molecule has 2 aliphatic heterocycles. The van der Waals surface area contributed by atoms with Crippen LogP contribution in [0.3, 0.4) is 0 Å². The van der Waals surface area contributed by atoms with Crippen molar-refractivity contribution in [2.24, 2.45) is 5.92 Å². The smallest absolute Gasteiger partial charge is 0.373 e. The molecular formula is C22H23NO5S. The Hall–Kier alpha value is -2.64. The zero-order valence-electron chi connectivity index (χ0n) is 16.3. The molecule has 152 valence electrons. The first-order valence-electron chi connectivity index (χ1n) is 9.52. The summed E-state index contributed by atoms with van der Waals surface area (Å²) >= 11 is 0. The molecule has 2 aromatic rings. The minimum absolute atomic E-state index is 0.0496. The Bertz CT molecular complexity index is 1030. The van der Waals surface area contributed by atoms with Crippen molar-refractivity contribution < 1.29 is 22.7 Å². The van der Waals surface area contributed by atoms with Crippen molar-refractivity contribution in [1.29, 1.82) is 0 Å². The molecule has 0 bridgehead atoms. The van der Waals surface area contributed by atoms with Crippen LogP contribution in [0.2, 0.25) is 0 Å². The second kappa shape index (κ2) is 7.65. The number of esters is 1. The Morgan fingerprint density at radius 2 is 1.79 bits per heavy atom. The molecule has 1 fully saturated rings. The summed E-state index contributed by atoms with van der Waals surface area (Å²) in [5.41, 5.74) is 2.00. The molecule has 7 heteroatoms. The molecule has 0 amide bonds. The number of ether oxygens (including phenoxy) is 2. The lowest BCUT2D eigenvalue weighted by atomic mass is 9.82. The second-order valence-corrected chi connectivity index (χ2v) is 9.24. The van der Waals surface area contributed by atoms with E-state index in [1.165, 1.54) is 11.4 Å². The van der Waals surface area contributed by atoms with Crippen LogP contribution in [-0.4, -0.2) is 38.6 Å². The van der Waals surface area contributed by atoms with Crippen LogP contribution in [0.15, 0.2) is 71.3 Å². The number of allylic oxidation sites excluding steroid dienone is 1. The highest BCUT2D eigenvalue weighted by Gasteiger charge is 2.49. The van der Waals surface area contributed by atoms with Crippen LogP contribution in [0, 0.1) is 12.8 Å². The molecular weight excluding hydrogens is 390 g/mol. The second-order valence-electron chi connectivity index (χ2n) is 7.35. The topological polar surface area (TPSA) is 72.9 Å². The molecule has 1 saturated heterocycles. The molecule has 0 radical (unpaired) electrons. The van der Waals surface area contributed by atoms with Gasteiger partial charge in [0.15, 0.2) is 6.23 Å². The fourth-order valence-electron chi connectivity index (χ4n) is 4.06. The number of nitrogens with zero attached hydrogens (tertiary/aromatic N) is 1. The van der Waals surface area contributed by atoms with Crippen molar-refractivity contribution in [2.75, 3.05) is 13.7 Å². The van der Waals surface area contributed by atoms with Crippen molar-refractivity contribution in [3.8, 4) is 0 Å². The highest BCUT2D eigenvalue weighted by atomic mass is 32.2. The van der Waals surface area contributed by atoms with Gasteiger partial charge in [-0.3, -0.25) is 0 Å². The van der Waals surface area contributed by atoms with Gasteiger partial charge in [-0.15, -0.1) is 0 Å². The fourth-order valence-corrected chi connectivity index (χ4v) is 5.63. The predicted molar refractivity (Wildman–Crippen MR) is 107 cm³/mol. The average molecular weight is 413 g/mol. The highest BCUT2D eigenvalue weighted by Crippen LogP contribution is 2.44. The maximum atomic E-state index is 13.3. The molecule has 4 rings (SSSR count). The Labute approximate surface area is 170 Å². The number of sulfonamides is 1. The maximum absolute atomic E-state index is 13.3. The van der Waals surface area contributed by atoms with E-state index in [2.05, 4.69) is 0 Å². The first kappa shape index (κ1) is 19.7. The van der Waals surface area contributed by atoms with Crippen molar-refractivity contribution in [3.05, 3.63) is 77.6 Å². The summed E-state index contributed by atoms with van der Waals surface area (Å²) < 4.78 is 38.7. The third-order valence-corrected chi connectivity index (χ3v) is 7.45. The van der Waals surface area contributed by atoms with Crippen LogP contribution >= 0.6 is 0 Å². The van der Waals surface area contributed by atoms with E-state index >= 15 is 0 Å². The van der Waals surface area contributed by atoms with Gasteiger partial charge in [-0.1, -0.05) is 48.0 Å². The van der Waals surface area contributed by atoms with Gasteiger partial charge >= 0.3 is 5.97 Å². The molecule has 2 aromatic carbocycles. The Kier molecular flexibility index (Phi) is 5.19. The van der Waals surface area contributed by atoms with Crippen LogP contribution in [0.25, 0.3) is 0 Å². The molecule has 0 aliphatic carbocycles. The molecule has 0 aromatic heterocycles. The van der Waals surface area contributed by atoms with Crippen LogP contribution in [0.4, 0.5) is 0 Å². The highest BCUT2D eigenvalue weighted by molar-refractivity contribution is 7.89. The SMILES string of the molecule is COC(=O)C1=C[C@H](c2ccccc2)[C@@H]2CCN(S(=O)(=O)c3ccc(C)cc3)[C@@H]2O1. The first-order valence-corrected chi connectivity index (χ1v) is 11.0. The molecule has 3 atom stereocenters. The van der Waals surface area contributed by atoms with Gasteiger partial charge in [-0.25, -0.2) is 13.2 Å². The monoisotopic (exact) mass is 413 g/mol. The minimum Gasteiger partial charge on any atom is -0.466 e. The van der Waals surface area contributed by atoms with E-state index < -0.39 is 22.2 Å². The van der Waals surface area contributed by atoms with Gasteiger partial charge in [0, 0.05) is 18.4 Å². The van der Waals surface area contributed by atoms with E-state index in [1.807, 2.05) is 37.3 Å². The van der Waals surface area contributed by atoms with Crippen LogP contribution < -0.4 is 0 Å². The molecule has 29 heavy (non-hydrogen) atoms. The molecule has 0 unspecified atom stereocenters. The number of hydrogen-bond acceptors (Lipinski definition) is 5. The van der Waals surface area contributed by atoms with Gasteiger partial charge in [0.05, 0.1) is 12.0 Å². The van der Waals surface area contributed by atoms with E-state index in [9.17, 15) is 13.2 Å². The van der Waals surface area contributed by atoms with Crippen molar-refractivity contribution in [2.45, 2.75) is 30.4 Å². The van der Waals surface area contributed by atoms with Crippen molar-refractivity contribution in [1.82, 2.24) is 4.31 Å². The zero-order valence-corrected chi connectivity index (χ0v) is 17.1. The lowest BCUT2D eigenvalue weighted by molar-refractivity contribution is -0.144. The molecule has 2 aliphatic rings. The molecule has 0 spiro atoms. The van der Waals surface area contributed by atoms with E-state index in [4.69, 9.17) is 9.47 Å². The van der Waals surface area contributed by atoms with Gasteiger partial charge in [-0.05, 0) is 37.1 Å². The number of hydrogen-bond donors (Lipinski definition) is 0. The van der Waals surface area contributed by atoms with Gasteiger partial charge < -0.3 is 9.47 Å². The van der Waals surface area contributed by atoms with E-state index in [-0.39, 0.29) is 22.5 Å². The van der Waals surface area contributed by atoms with E-state index in [0.717, 1.165) is 11.1 Å². The standard InChI is InChI=1S/C22H23NO5S/c1-15-8-10-17(11-9-15)29(25,26)23-13-12-18-19(16-6-4-3-5-7-16)14-20(22(24)27-2)28-21(18)23/h3-11,14,18-19,21H,12-13H2,1-2H3/t18-,19+,21+/m0/s1. The van der Waals surface area contributed by atoms with Gasteiger partial charge in [-0.2, -0.15) is 4.31 Å². The molecule has 0 N–H and O–H groups in total. The number of fused-ring (bicyclic) bond motifs is 1. The summed E-state index contributed by atoms with van der Waals surface area (Å²) in [7, 11) is -2.47. The van der Waals surface area contributed by atoms with Crippen LogP contribution in [0.1, 0.15) is 23.5 Å². The normalized spacial score (nSPS) is 24.3. The minimum atomic E-state index is -3.76. The first-order chi connectivity index (χ1) is 13.9. The number of carbonyl (C=O) groups excluding carboxylic acids is 1. The zero-order chi connectivity index (χ0) is 20.6. The van der Waals surface area contributed by atoms with E-state index in [0.29, 0.717) is 13.0 Å². The lowest BCUT2D eigenvalue weighted by Gasteiger charge is -2.35. The Balaban J connectivity index is 1.73. The Morgan fingerprint density at radius 3 is 2.45 bits per heavy atom. The number of methoxy groups -OCH3 is 1. The van der Waals surface area contributed by atoms with E-state index in [1.54, 1.807) is 30.3 Å². The summed E-state index contributed by atoms with van der Waals surface area (Å²) in [6.45, 7) is 2.24. The molecule has 2 heterocycles. The quantitative estimate of drug-likeness (QED) is 0.720. The molecule has 6 nitrogen and oxygen atoms in total. The number of benzene rings is 2. The largest absolute Gasteiger partial charge is 0.466 e. The van der Waals surface area contributed by atoms with Gasteiger partial charge in [0.25, 0.3) is 0 Å². The summed E-state index contributed by atoms with van der Waals surface area (Å²) in [5.74, 6) is -0.786. The number of carbonyl (C=O) groups is 1. The Morgan fingerprint density at radius 1 is 1.10 bits per heavy atom. The summed E-state index contributed by atoms with van der Waals surface area (Å²) in [6, 6.07) is 16.5. The van der Waals surface area contributed by atoms with Crippen LogP contribution in [-0.2, 0) is 24.3 Å². The van der Waals surface area contributed by atoms with Gasteiger partial charge in [0.2, 0.25) is 15.8 Å². The van der Waals surface area contributed by atoms with Crippen molar-refractivity contribution >= 4 is 16.0 Å². The number of rotatable bonds is 4. The van der Waals surface area contributed by atoms with Gasteiger partial charge in [0.1, 0.15) is 0 Å². The van der Waals surface area contributed by atoms with Crippen molar-refractivity contribution in [3.63, 3.8) is 0 Å². The lowest BCUT2D eigenvalue weighted by Crippen LogP contribution is -2.43.